The van der Waals surface area contributed by atoms with Gasteiger partial charge in [-0.05, 0) is 18.2 Å². The Balaban J connectivity index is 1.80. The number of nitrogens with zero attached hydrogens (tertiary/aromatic N) is 2. The fraction of sp³-hybridized carbons (Fsp3) is 0. The average molecular weight is 336 g/mol. The molecule has 0 spiro atoms. The van der Waals surface area contributed by atoms with Gasteiger partial charge in [0.05, 0.1) is 16.1 Å². The summed E-state index contributed by atoms with van der Waals surface area (Å²) in [6, 6.07) is 14.3. The fourth-order valence-corrected chi connectivity index (χ4v) is 2.30. The lowest BCUT2D eigenvalue weighted by Gasteiger charge is -2.08. The first kappa shape index (κ1) is 16.1. The summed E-state index contributed by atoms with van der Waals surface area (Å²) in [5.41, 5.74) is 0.567. The first-order valence-electron chi connectivity index (χ1n) is 7.26. The number of nitrogens with one attached hydrogen (secondary N) is 2. The molecular weight excluding hydrogens is 324 g/mol. The molecule has 2 amide bonds. The molecule has 0 bridgehead atoms. The summed E-state index contributed by atoms with van der Waals surface area (Å²) in [6.07, 6.45) is 1.57. The van der Waals surface area contributed by atoms with E-state index >= 15 is 0 Å². The van der Waals surface area contributed by atoms with E-state index in [4.69, 9.17) is 0 Å². The van der Waals surface area contributed by atoms with Gasteiger partial charge in [-0.15, -0.1) is 0 Å². The summed E-state index contributed by atoms with van der Waals surface area (Å²) in [6.45, 7) is 0. The highest BCUT2D eigenvalue weighted by molar-refractivity contribution is 6.44. The zero-order valence-corrected chi connectivity index (χ0v) is 12.8. The van der Waals surface area contributed by atoms with E-state index in [1.807, 2.05) is 12.1 Å². The van der Waals surface area contributed by atoms with E-state index in [1.54, 1.807) is 24.4 Å². The normalized spacial score (nSPS) is 10.2. The van der Waals surface area contributed by atoms with Crippen molar-refractivity contribution in [3.8, 4) is 0 Å². The number of aromatic nitrogens is 1. The molecule has 3 aromatic rings. The molecule has 0 atom stereocenters. The second-order valence-electron chi connectivity index (χ2n) is 5.06. The van der Waals surface area contributed by atoms with E-state index in [2.05, 4.69) is 15.6 Å². The van der Waals surface area contributed by atoms with Crippen molar-refractivity contribution in [3.63, 3.8) is 0 Å². The predicted molar refractivity (Wildman–Crippen MR) is 92.1 cm³/mol. The number of carbonyl (C=O) groups excluding carboxylic acids is 2. The number of nitro benzene ring substituents is 1. The van der Waals surface area contributed by atoms with Crippen LogP contribution in [0, 0.1) is 10.1 Å². The lowest BCUT2D eigenvalue weighted by molar-refractivity contribution is -0.383. The van der Waals surface area contributed by atoms with Crippen molar-refractivity contribution in [1.82, 2.24) is 4.98 Å². The molecule has 1 aromatic heterocycles. The van der Waals surface area contributed by atoms with E-state index < -0.39 is 16.7 Å². The summed E-state index contributed by atoms with van der Waals surface area (Å²) in [7, 11) is 0. The third kappa shape index (κ3) is 3.42. The number of amides is 2. The minimum absolute atomic E-state index is 0.0521. The Morgan fingerprint density at radius 3 is 2.28 bits per heavy atom. The number of hydrogen-bond acceptors (Lipinski definition) is 5. The third-order valence-corrected chi connectivity index (χ3v) is 3.44. The number of hydrogen-bond donors (Lipinski definition) is 2. The Morgan fingerprint density at radius 2 is 1.52 bits per heavy atom. The van der Waals surface area contributed by atoms with Crippen LogP contribution >= 0.6 is 0 Å². The van der Waals surface area contributed by atoms with Crippen molar-refractivity contribution in [2.24, 2.45) is 0 Å². The van der Waals surface area contributed by atoms with Crippen LogP contribution in [0.1, 0.15) is 0 Å². The van der Waals surface area contributed by atoms with Crippen LogP contribution in [0.25, 0.3) is 10.9 Å². The Hall–Kier alpha value is -3.81. The molecule has 2 aromatic carbocycles. The molecule has 0 fully saturated rings. The molecule has 2 N–H and O–H groups in total. The molecule has 0 aliphatic carbocycles. The third-order valence-electron chi connectivity index (χ3n) is 3.44. The van der Waals surface area contributed by atoms with Crippen LogP contribution < -0.4 is 10.6 Å². The number of pyridine rings is 1. The van der Waals surface area contributed by atoms with Gasteiger partial charge >= 0.3 is 11.8 Å². The average Bonchev–Trinajstić information content (AvgIpc) is 2.62. The Bertz CT molecular complexity index is 982. The van der Waals surface area contributed by atoms with Crippen molar-refractivity contribution >= 4 is 39.8 Å². The highest BCUT2D eigenvalue weighted by Crippen LogP contribution is 2.24. The van der Waals surface area contributed by atoms with Gasteiger partial charge in [0.15, 0.2) is 0 Å². The number of nitro groups is 1. The standard InChI is InChI=1S/C17H12N4O4/c22-16(19-12-7-1-2-9-14(12)21(24)25)17(23)20-13-8-3-5-11-6-4-10-18-15(11)13/h1-10H,(H,19,22)(H,20,23). The smallest absolute Gasteiger partial charge is 0.314 e. The Labute approximate surface area is 141 Å². The Morgan fingerprint density at radius 1 is 0.880 bits per heavy atom. The van der Waals surface area contributed by atoms with Crippen LogP contribution in [0.4, 0.5) is 17.1 Å². The second-order valence-corrected chi connectivity index (χ2v) is 5.06. The minimum Gasteiger partial charge on any atom is -0.316 e. The molecule has 0 saturated carbocycles. The SMILES string of the molecule is O=C(Nc1ccccc1[N+](=O)[O-])C(=O)Nc1cccc2cccnc12. The maximum absolute atomic E-state index is 12.1. The van der Waals surface area contributed by atoms with Crippen molar-refractivity contribution in [3.05, 3.63) is 70.9 Å². The highest BCUT2D eigenvalue weighted by Gasteiger charge is 2.20. The van der Waals surface area contributed by atoms with Crippen molar-refractivity contribution < 1.29 is 14.5 Å². The number of carbonyl (C=O) groups is 2. The maximum atomic E-state index is 12.1. The van der Waals surface area contributed by atoms with Gasteiger partial charge in [0.2, 0.25) is 0 Å². The van der Waals surface area contributed by atoms with Gasteiger partial charge in [0.1, 0.15) is 5.69 Å². The monoisotopic (exact) mass is 336 g/mol. The van der Waals surface area contributed by atoms with Crippen LogP contribution in [0.15, 0.2) is 60.8 Å². The highest BCUT2D eigenvalue weighted by atomic mass is 16.6. The number of benzene rings is 2. The molecule has 0 unspecified atom stereocenters. The molecule has 124 valence electrons. The van der Waals surface area contributed by atoms with E-state index in [0.29, 0.717) is 11.2 Å². The first-order valence-corrected chi connectivity index (χ1v) is 7.26. The zero-order chi connectivity index (χ0) is 17.8. The molecular formula is C17H12N4O4. The Kier molecular flexibility index (Phi) is 4.34. The molecule has 1 heterocycles. The van der Waals surface area contributed by atoms with Crippen LogP contribution in [0.5, 0.6) is 0 Å². The molecule has 3 rings (SSSR count). The molecule has 0 aliphatic rings. The van der Waals surface area contributed by atoms with E-state index in [1.165, 1.54) is 24.3 Å². The van der Waals surface area contributed by atoms with Crippen LogP contribution in [-0.4, -0.2) is 21.7 Å². The summed E-state index contributed by atoms with van der Waals surface area (Å²) in [5.74, 6) is -1.96. The van der Waals surface area contributed by atoms with Gasteiger partial charge < -0.3 is 10.6 Å². The summed E-state index contributed by atoms with van der Waals surface area (Å²) in [4.78, 5) is 38.7. The number of anilines is 2. The zero-order valence-electron chi connectivity index (χ0n) is 12.8. The molecule has 0 radical (unpaired) electrons. The number of para-hydroxylation sites is 3. The molecule has 25 heavy (non-hydrogen) atoms. The summed E-state index contributed by atoms with van der Waals surface area (Å²) in [5, 5.41) is 16.5. The summed E-state index contributed by atoms with van der Waals surface area (Å²) < 4.78 is 0. The molecule has 0 saturated heterocycles. The molecule has 0 aliphatic heterocycles. The predicted octanol–water partition coefficient (Wildman–Crippen LogP) is 2.72. The van der Waals surface area contributed by atoms with Gasteiger partial charge in [-0.2, -0.15) is 0 Å². The lowest BCUT2D eigenvalue weighted by Crippen LogP contribution is -2.29. The molecule has 8 nitrogen and oxygen atoms in total. The van der Waals surface area contributed by atoms with Gasteiger partial charge in [-0.3, -0.25) is 24.7 Å². The number of fused-ring (bicyclic) bond motifs is 1. The van der Waals surface area contributed by atoms with E-state index in [9.17, 15) is 19.7 Å². The van der Waals surface area contributed by atoms with Crippen LogP contribution in [0.3, 0.4) is 0 Å². The van der Waals surface area contributed by atoms with Crippen LogP contribution in [-0.2, 0) is 9.59 Å². The van der Waals surface area contributed by atoms with Gasteiger partial charge in [-0.1, -0.05) is 30.3 Å². The molecule has 8 heteroatoms. The minimum atomic E-state index is -1.01. The van der Waals surface area contributed by atoms with Crippen molar-refractivity contribution in [2.45, 2.75) is 0 Å². The van der Waals surface area contributed by atoms with E-state index in [-0.39, 0.29) is 11.4 Å². The van der Waals surface area contributed by atoms with Crippen molar-refractivity contribution in [1.29, 1.82) is 0 Å². The summed E-state index contributed by atoms with van der Waals surface area (Å²) >= 11 is 0. The largest absolute Gasteiger partial charge is 0.316 e. The van der Waals surface area contributed by atoms with Crippen LogP contribution in [0.2, 0.25) is 0 Å². The topological polar surface area (TPSA) is 114 Å². The maximum Gasteiger partial charge on any atom is 0.314 e. The van der Waals surface area contributed by atoms with E-state index in [0.717, 1.165) is 5.39 Å². The fourth-order valence-electron chi connectivity index (χ4n) is 2.30. The van der Waals surface area contributed by atoms with Gasteiger partial charge in [-0.25, -0.2) is 0 Å². The first-order chi connectivity index (χ1) is 12.1. The lowest BCUT2D eigenvalue weighted by atomic mass is 10.2. The number of rotatable bonds is 3. The van der Waals surface area contributed by atoms with Gasteiger partial charge in [0, 0.05) is 17.6 Å². The second kappa shape index (κ2) is 6.75. The van der Waals surface area contributed by atoms with Crippen molar-refractivity contribution in [2.75, 3.05) is 10.6 Å². The van der Waals surface area contributed by atoms with Gasteiger partial charge in [0.25, 0.3) is 5.69 Å². The quantitative estimate of drug-likeness (QED) is 0.433.